The quantitative estimate of drug-likeness (QED) is 0.118. The topological polar surface area (TPSA) is 147 Å². The molecule has 0 fully saturated rings. The highest BCUT2D eigenvalue weighted by Crippen LogP contribution is 2.38. The van der Waals surface area contributed by atoms with Gasteiger partial charge in [0, 0.05) is 23.2 Å². The van der Waals surface area contributed by atoms with Gasteiger partial charge in [0.1, 0.15) is 22.6 Å². The molecule has 5 rings (SSSR count). The number of aromatic hydroxyl groups is 2. The van der Waals surface area contributed by atoms with Crippen molar-refractivity contribution in [2.75, 3.05) is 25.0 Å². The van der Waals surface area contributed by atoms with Crippen LogP contribution in [-0.4, -0.2) is 62.8 Å². The molecule has 0 saturated carbocycles. The van der Waals surface area contributed by atoms with E-state index in [1.165, 1.54) is 12.1 Å². The monoisotopic (exact) mass is 622 g/mol. The van der Waals surface area contributed by atoms with E-state index in [4.69, 9.17) is 0 Å². The summed E-state index contributed by atoms with van der Waals surface area (Å²) in [5.74, 6) is -3.29. The Balaban J connectivity index is 0.000000242. The average Bonchev–Trinajstić information content (AvgIpc) is 3.03. The number of hydrogen-bond acceptors (Lipinski definition) is 6. The molecule has 46 heavy (non-hydrogen) atoms. The van der Waals surface area contributed by atoms with Crippen molar-refractivity contribution in [3.63, 3.8) is 0 Å². The van der Waals surface area contributed by atoms with Gasteiger partial charge in [-0.1, -0.05) is 80.6 Å². The van der Waals surface area contributed by atoms with Gasteiger partial charge in [-0.25, -0.2) is 9.59 Å². The van der Waals surface area contributed by atoms with Crippen LogP contribution in [-0.2, 0) is 11.2 Å². The molecule has 0 saturated heterocycles. The number of carboxylic acids is 2. The van der Waals surface area contributed by atoms with Crippen molar-refractivity contribution in [3.8, 4) is 11.5 Å². The molecule has 0 aliphatic heterocycles. The van der Waals surface area contributed by atoms with Crippen molar-refractivity contribution in [1.29, 1.82) is 0 Å². The number of para-hydroxylation sites is 1. The number of rotatable bonds is 9. The molecule has 238 valence electrons. The van der Waals surface area contributed by atoms with Crippen LogP contribution in [0.1, 0.15) is 56.8 Å². The third-order valence-electron chi connectivity index (χ3n) is 8.07. The van der Waals surface area contributed by atoms with Crippen LogP contribution in [0.4, 0.5) is 5.69 Å². The van der Waals surface area contributed by atoms with Crippen LogP contribution in [0.25, 0.3) is 21.5 Å². The highest BCUT2D eigenvalue weighted by Gasteiger charge is 2.22. The number of nitrogens with zero attached hydrogens (tertiary/aromatic N) is 1. The van der Waals surface area contributed by atoms with Crippen molar-refractivity contribution < 1.29 is 34.8 Å². The van der Waals surface area contributed by atoms with Gasteiger partial charge in [0.05, 0.1) is 6.54 Å². The van der Waals surface area contributed by atoms with Gasteiger partial charge in [0.15, 0.2) is 0 Å². The lowest BCUT2D eigenvalue weighted by atomic mass is 9.90. The molecule has 1 amide bonds. The van der Waals surface area contributed by atoms with E-state index in [1.807, 2.05) is 32.0 Å². The molecule has 0 atom stereocenters. The second-order valence-corrected chi connectivity index (χ2v) is 11.0. The number of carbonyl (C=O) groups excluding carboxylic acids is 1. The molecule has 0 aromatic heterocycles. The minimum Gasteiger partial charge on any atom is -0.507 e. The van der Waals surface area contributed by atoms with E-state index >= 15 is 0 Å². The second kappa shape index (κ2) is 14.6. The van der Waals surface area contributed by atoms with Gasteiger partial charge in [-0.05, 0) is 71.7 Å². The lowest BCUT2D eigenvalue weighted by Gasteiger charge is -2.18. The van der Waals surface area contributed by atoms with Gasteiger partial charge in [0.25, 0.3) is 0 Å². The molecular weight excluding hydrogens is 584 g/mol. The fraction of sp³-hybridized carbons (Fsp3) is 0.216. The summed E-state index contributed by atoms with van der Waals surface area (Å²) >= 11 is 0. The molecule has 0 heterocycles. The molecule has 0 unspecified atom stereocenters. The van der Waals surface area contributed by atoms with Crippen molar-refractivity contribution >= 4 is 45.1 Å². The van der Waals surface area contributed by atoms with E-state index in [1.54, 1.807) is 48.5 Å². The molecule has 0 spiro atoms. The Bertz CT molecular complexity index is 1810. The van der Waals surface area contributed by atoms with Crippen LogP contribution >= 0.6 is 0 Å². The lowest BCUT2D eigenvalue weighted by molar-refractivity contribution is -0.117. The van der Waals surface area contributed by atoms with Crippen LogP contribution < -0.4 is 5.32 Å². The normalized spacial score (nSPS) is 10.9. The minimum atomic E-state index is -1.28. The van der Waals surface area contributed by atoms with E-state index in [2.05, 4.69) is 24.1 Å². The Morgan fingerprint density at radius 1 is 0.674 bits per heavy atom. The second-order valence-electron chi connectivity index (χ2n) is 11.0. The summed E-state index contributed by atoms with van der Waals surface area (Å²) in [6.07, 6.45) is -0.0407. The molecule has 9 nitrogen and oxygen atoms in total. The number of amides is 1. The van der Waals surface area contributed by atoms with Crippen molar-refractivity contribution in [2.24, 2.45) is 0 Å². The predicted molar refractivity (Wildman–Crippen MR) is 180 cm³/mol. The smallest absolute Gasteiger partial charge is 0.339 e. The molecule has 0 radical (unpaired) electrons. The molecular formula is C37H38N2O7. The Labute approximate surface area is 267 Å². The maximum atomic E-state index is 11.9. The first kappa shape index (κ1) is 33.5. The number of phenols is 2. The van der Waals surface area contributed by atoms with Crippen molar-refractivity contribution in [3.05, 3.63) is 112 Å². The SMILES string of the molecule is CCN(CC)CC(=O)Nc1c(C)cccc1C.O=C(O)c1cc2ccccc2c(Cc2c(O)c(C(=O)O)cc3ccccc23)c1O. The zero-order chi connectivity index (χ0) is 33.5. The summed E-state index contributed by atoms with van der Waals surface area (Å²) < 4.78 is 0. The van der Waals surface area contributed by atoms with Gasteiger partial charge in [0.2, 0.25) is 5.91 Å². The highest BCUT2D eigenvalue weighted by atomic mass is 16.4. The van der Waals surface area contributed by atoms with E-state index in [9.17, 15) is 34.8 Å². The molecule has 9 heteroatoms. The zero-order valence-corrected chi connectivity index (χ0v) is 26.3. The number of carboxylic acid groups (broad SMARTS) is 2. The van der Waals surface area contributed by atoms with E-state index in [0.717, 1.165) is 29.9 Å². The van der Waals surface area contributed by atoms with Crippen molar-refractivity contribution in [1.82, 2.24) is 4.90 Å². The number of benzene rings is 5. The summed E-state index contributed by atoms with van der Waals surface area (Å²) in [5, 5.41) is 45.8. The largest absolute Gasteiger partial charge is 0.507 e. The molecule has 5 aromatic carbocycles. The summed E-state index contributed by atoms with van der Waals surface area (Å²) in [6.45, 7) is 10.4. The fourth-order valence-corrected chi connectivity index (χ4v) is 5.52. The van der Waals surface area contributed by atoms with Crippen LogP contribution in [0.3, 0.4) is 0 Å². The maximum absolute atomic E-state index is 11.9. The summed E-state index contributed by atoms with van der Waals surface area (Å²) in [4.78, 5) is 37.2. The number of nitrogens with one attached hydrogen (secondary N) is 1. The number of fused-ring (bicyclic) bond motifs is 2. The van der Waals surface area contributed by atoms with E-state index < -0.39 is 23.4 Å². The Kier molecular flexibility index (Phi) is 10.6. The predicted octanol–water partition coefficient (Wildman–Crippen LogP) is 6.98. The van der Waals surface area contributed by atoms with Crippen LogP contribution in [0.2, 0.25) is 0 Å². The third-order valence-corrected chi connectivity index (χ3v) is 8.07. The zero-order valence-electron chi connectivity index (χ0n) is 26.3. The summed E-state index contributed by atoms with van der Waals surface area (Å²) in [7, 11) is 0. The van der Waals surface area contributed by atoms with E-state index in [0.29, 0.717) is 39.2 Å². The fourth-order valence-electron chi connectivity index (χ4n) is 5.52. The number of carbonyl (C=O) groups is 3. The lowest BCUT2D eigenvalue weighted by Crippen LogP contribution is -2.33. The van der Waals surface area contributed by atoms with Gasteiger partial charge in [-0.2, -0.15) is 0 Å². The van der Waals surface area contributed by atoms with Crippen LogP contribution in [0.15, 0.2) is 78.9 Å². The third kappa shape index (κ3) is 7.27. The number of hydrogen-bond donors (Lipinski definition) is 5. The van der Waals surface area contributed by atoms with Gasteiger partial charge < -0.3 is 25.7 Å². The Morgan fingerprint density at radius 3 is 1.52 bits per heavy atom. The average molecular weight is 623 g/mol. The van der Waals surface area contributed by atoms with Gasteiger partial charge in [-0.15, -0.1) is 0 Å². The summed E-state index contributed by atoms with van der Waals surface area (Å²) in [5.41, 5.74) is 3.28. The number of likely N-dealkylation sites (N-methyl/N-ethyl adjacent to an activating group) is 1. The standard InChI is InChI=1S/C23H16O6.C14H22N2O/c24-20-16(14-7-3-1-5-12(14)9-18(20)22(26)27)11-17-15-8-4-2-6-13(15)10-19(21(17)25)23(28)29;1-5-16(6-2)10-13(17)15-14-11(3)8-7-9-12(14)4/h1-10,24-25H,11H2,(H,26,27)(H,28,29);7-9H,5-6,10H2,1-4H3,(H,15,17). The van der Waals surface area contributed by atoms with Gasteiger partial charge >= 0.3 is 11.9 Å². The van der Waals surface area contributed by atoms with E-state index in [-0.39, 0.29) is 23.5 Å². The number of aromatic carboxylic acids is 2. The molecule has 0 bridgehead atoms. The Hall–Kier alpha value is -5.41. The first-order valence-corrected chi connectivity index (χ1v) is 15.0. The molecule has 5 aromatic rings. The summed E-state index contributed by atoms with van der Waals surface area (Å²) in [6, 6.07) is 22.8. The molecule has 0 aliphatic rings. The van der Waals surface area contributed by atoms with Crippen molar-refractivity contribution in [2.45, 2.75) is 34.1 Å². The highest BCUT2D eigenvalue weighted by molar-refractivity contribution is 6.02. The number of anilines is 1. The van der Waals surface area contributed by atoms with Crippen LogP contribution in [0, 0.1) is 13.8 Å². The number of aryl methyl sites for hydroxylation is 2. The maximum Gasteiger partial charge on any atom is 0.339 e. The first-order chi connectivity index (χ1) is 22.0. The van der Waals surface area contributed by atoms with Crippen LogP contribution in [0.5, 0.6) is 11.5 Å². The first-order valence-electron chi connectivity index (χ1n) is 15.0. The minimum absolute atomic E-state index is 0.0407. The molecule has 0 aliphatic carbocycles. The van der Waals surface area contributed by atoms with Gasteiger partial charge in [-0.3, -0.25) is 9.69 Å². The Morgan fingerprint density at radius 2 is 1.11 bits per heavy atom. The molecule has 5 N–H and O–H groups in total.